The van der Waals surface area contributed by atoms with E-state index in [9.17, 15) is 35.7 Å². The van der Waals surface area contributed by atoms with Crippen molar-refractivity contribution in [1.82, 2.24) is 5.32 Å². The summed E-state index contributed by atoms with van der Waals surface area (Å²) in [5, 5.41) is 73.2. The number of hydrogen-bond acceptors (Lipinski definition) is 11. The van der Waals surface area contributed by atoms with E-state index < -0.39 is 61.7 Å². The summed E-state index contributed by atoms with van der Waals surface area (Å²) in [5.74, 6) is 0. The molecule has 31 heavy (non-hydrogen) atoms. The van der Waals surface area contributed by atoms with Gasteiger partial charge in [-0.05, 0) is 12.8 Å². The largest absolute Gasteiger partial charge is 0.389 e. The van der Waals surface area contributed by atoms with Crippen molar-refractivity contribution in [2.75, 3.05) is 13.2 Å². The number of nitrogens with one attached hydrogen (secondary N) is 1. The highest BCUT2D eigenvalue weighted by Crippen LogP contribution is 2.25. The van der Waals surface area contributed by atoms with Crippen molar-refractivity contribution in [3.8, 4) is 0 Å². The van der Waals surface area contributed by atoms with Gasteiger partial charge in [0.25, 0.3) is 0 Å². The van der Waals surface area contributed by atoms with E-state index in [4.69, 9.17) is 15.2 Å². The Labute approximate surface area is 183 Å². The first-order valence-corrected chi connectivity index (χ1v) is 11.2. The molecule has 1 rings (SSSR count). The maximum Gasteiger partial charge on any atom is 0.186 e. The molecule has 0 aliphatic carbocycles. The number of rotatable bonds is 15. The minimum atomic E-state index is -1.74. The Kier molecular flexibility index (Phi) is 13.5. The van der Waals surface area contributed by atoms with Crippen LogP contribution in [-0.4, -0.2) is 110 Å². The molecule has 0 radical (unpaired) electrons. The Hall–Kier alpha value is -0.440. The monoisotopic (exact) mass is 454 g/mol. The fourth-order valence-electron chi connectivity index (χ4n) is 3.43. The number of unbranched alkanes of at least 4 members (excludes halogenated alkanes) is 2. The van der Waals surface area contributed by atoms with Gasteiger partial charge in [-0.15, -0.1) is 0 Å². The molecular formula is C20H42N2O9. The summed E-state index contributed by atoms with van der Waals surface area (Å²) in [4.78, 5) is 0. The zero-order chi connectivity index (χ0) is 23.6. The minimum Gasteiger partial charge on any atom is -0.389 e. The maximum atomic E-state index is 10.1. The molecular weight excluding hydrogens is 412 g/mol. The van der Waals surface area contributed by atoms with Gasteiger partial charge in [0.1, 0.15) is 36.6 Å². The molecule has 1 saturated heterocycles. The van der Waals surface area contributed by atoms with Crippen LogP contribution in [0, 0.1) is 0 Å². The molecule has 10 atom stereocenters. The van der Waals surface area contributed by atoms with E-state index >= 15 is 0 Å². The Morgan fingerprint density at radius 1 is 0.903 bits per heavy atom. The zero-order valence-corrected chi connectivity index (χ0v) is 18.5. The van der Waals surface area contributed by atoms with Crippen molar-refractivity contribution >= 4 is 0 Å². The molecule has 1 fully saturated rings. The van der Waals surface area contributed by atoms with Crippen molar-refractivity contribution in [2.24, 2.45) is 5.73 Å². The highest BCUT2D eigenvalue weighted by Gasteiger charge is 2.44. The Morgan fingerprint density at radius 2 is 1.55 bits per heavy atom. The van der Waals surface area contributed by atoms with E-state index in [0.717, 1.165) is 19.3 Å². The van der Waals surface area contributed by atoms with E-state index in [1.54, 1.807) is 0 Å². The third-order valence-corrected chi connectivity index (χ3v) is 5.52. The van der Waals surface area contributed by atoms with Crippen LogP contribution >= 0.6 is 0 Å². The molecule has 186 valence electrons. The van der Waals surface area contributed by atoms with Gasteiger partial charge in [-0.2, -0.15) is 0 Å². The standard InChI is InChI=1S/C20H42N2O9/c1-3-5-6-8-14(21)22-9-11(23)15(25)16(26)12(24)10-30-20-19(29)18(28)17(27)13(31-20)7-4-2/h11-20,22-29H,3-10,21H2,1-2H3/t11?,12?,13?,14?,15?,16-,17-,18?,19?,20+/m1/s1. The van der Waals surface area contributed by atoms with Gasteiger partial charge in [0.15, 0.2) is 6.29 Å². The summed E-state index contributed by atoms with van der Waals surface area (Å²) in [6.45, 7) is 3.32. The van der Waals surface area contributed by atoms with Gasteiger partial charge in [0, 0.05) is 6.54 Å². The number of aliphatic hydroxyl groups is 7. The third kappa shape index (κ3) is 9.14. The van der Waals surface area contributed by atoms with Crippen LogP contribution in [0.5, 0.6) is 0 Å². The summed E-state index contributed by atoms with van der Waals surface area (Å²) in [7, 11) is 0. The van der Waals surface area contributed by atoms with Gasteiger partial charge in [0.05, 0.1) is 25.0 Å². The summed E-state index contributed by atoms with van der Waals surface area (Å²) in [6, 6.07) is 0. The van der Waals surface area contributed by atoms with Crippen molar-refractivity contribution < 1.29 is 45.2 Å². The molecule has 0 spiro atoms. The van der Waals surface area contributed by atoms with Crippen LogP contribution in [0.4, 0.5) is 0 Å². The molecule has 0 aromatic carbocycles. The molecule has 7 unspecified atom stereocenters. The SMILES string of the molecule is CCCCCC(N)NCC(O)C(O)[C@H](O)C(O)CO[C@H]1OC(CCC)[C@@H](O)C(O)C1O. The fraction of sp³-hybridized carbons (Fsp3) is 1.00. The van der Waals surface area contributed by atoms with Crippen LogP contribution in [0.15, 0.2) is 0 Å². The Bertz CT molecular complexity index is 476. The lowest BCUT2D eigenvalue weighted by Gasteiger charge is -2.40. The number of hydrogen-bond donors (Lipinski definition) is 9. The van der Waals surface area contributed by atoms with E-state index in [2.05, 4.69) is 12.2 Å². The maximum absolute atomic E-state index is 10.1. The van der Waals surface area contributed by atoms with E-state index in [0.29, 0.717) is 19.3 Å². The van der Waals surface area contributed by atoms with Crippen LogP contribution in [0.25, 0.3) is 0 Å². The van der Waals surface area contributed by atoms with Crippen molar-refractivity contribution in [3.05, 3.63) is 0 Å². The summed E-state index contributed by atoms with van der Waals surface area (Å²) >= 11 is 0. The van der Waals surface area contributed by atoms with E-state index in [-0.39, 0.29) is 12.7 Å². The Balaban J connectivity index is 2.46. The molecule has 1 aliphatic heterocycles. The Morgan fingerprint density at radius 3 is 2.16 bits per heavy atom. The first kappa shape index (κ1) is 28.6. The molecule has 1 heterocycles. The minimum absolute atomic E-state index is 0.0771. The van der Waals surface area contributed by atoms with E-state index in [1.165, 1.54) is 0 Å². The topological polar surface area (TPSA) is 198 Å². The molecule has 1 aliphatic rings. The van der Waals surface area contributed by atoms with Gasteiger partial charge >= 0.3 is 0 Å². The van der Waals surface area contributed by atoms with Gasteiger partial charge in [0.2, 0.25) is 0 Å². The highest BCUT2D eigenvalue weighted by molar-refractivity contribution is 4.89. The second-order valence-electron chi connectivity index (χ2n) is 8.26. The quantitative estimate of drug-likeness (QED) is 0.0937. The lowest BCUT2D eigenvalue weighted by Crippen LogP contribution is -2.58. The van der Waals surface area contributed by atoms with Crippen LogP contribution in [0.2, 0.25) is 0 Å². The summed E-state index contributed by atoms with van der Waals surface area (Å²) in [6.07, 6.45) is -8.34. The normalized spacial score (nSPS) is 31.7. The van der Waals surface area contributed by atoms with Gasteiger partial charge < -0.3 is 51.0 Å². The molecule has 0 aromatic heterocycles. The first-order chi connectivity index (χ1) is 14.6. The van der Waals surface area contributed by atoms with Gasteiger partial charge in [-0.3, -0.25) is 5.32 Å². The molecule has 10 N–H and O–H groups in total. The summed E-state index contributed by atoms with van der Waals surface area (Å²) in [5.41, 5.74) is 5.88. The van der Waals surface area contributed by atoms with E-state index in [1.807, 2.05) is 6.92 Å². The fourth-order valence-corrected chi connectivity index (χ4v) is 3.43. The average Bonchev–Trinajstić information content (AvgIpc) is 2.75. The van der Waals surface area contributed by atoms with Crippen molar-refractivity contribution in [1.29, 1.82) is 0 Å². The molecule has 0 bridgehead atoms. The van der Waals surface area contributed by atoms with Gasteiger partial charge in [-0.1, -0.05) is 39.5 Å². The molecule has 11 nitrogen and oxygen atoms in total. The average molecular weight is 455 g/mol. The third-order valence-electron chi connectivity index (χ3n) is 5.52. The molecule has 0 aromatic rings. The van der Waals surface area contributed by atoms with Crippen LogP contribution in [0.1, 0.15) is 52.4 Å². The second kappa shape index (κ2) is 14.7. The second-order valence-corrected chi connectivity index (χ2v) is 8.26. The number of ether oxygens (including phenoxy) is 2. The first-order valence-electron chi connectivity index (χ1n) is 11.2. The lowest BCUT2D eigenvalue weighted by atomic mass is 9.96. The highest BCUT2D eigenvalue weighted by atomic mass is 16.7. The predicted molar refractivity (Wildman–Crippen MR) is 112 cm³/mol. The van der Waals surface area contributed by atoms with Gasteiger partial charge in [-0.25, -0.2) is 0 Å². The van der Waals surface area contributed by atoms with Crippen molar-refractivity contribution in [2.45, 2.75) is 114 Å². The zero-order valence-electron chi connectivity index (χ0n) is 18.5. The lowest BCUT2D eigenvalue weighted by molar-refractivity contribution is -0.303. The molecule has 0 saturated carbocycles. The van der Waals surface area contributed by atoms with Crippen LogP contribution in [0.3, 0.4) is 0 Å². The van der Waals surface area contributed by atoms with Crippen molar-refractivity contribution in [3.63, 3.8) is 0 Å². The number of nitrogens with two attached hydrogens (primary N) is 1. The predicted octanol–water partition coefficient (Wildman–Crippen LogP) is -2.49. The smallest absolute Gasteiger partial charge is 0.186 e. The molecule has 11 heteroatoms. The number of aliphatic hydroxyl groups excluding tert-OH is 7. The van der Waals surface area contributed by atoms with Crippen LogP contribution in [-0.2, 0) is 9.47 Å². The summed E-state index contributed by atoms with van der Waals surface area (Å²) < 4.78 is 10.7. The molecule has 0 amide bonds. The van der Waals surface area contributed by atoms with Crippen LogP contribution < -0.4 is 11.1 Å².